The Labute approximate surface area is 102 Å². The van der Waals surface area contributed by atoms with Crippen LogP contribution in [0, 0.1) is 0 Å². The zero-order valence-electron chi connectivity index (χ0n) is 8.68. The highest BCUT2D eigenvalue weighted by Crippen LogP contribution is 2.15. The molecule has 88 valence electrons. The van der Waals surface area contributed by atoms with E-state index in [-0.39, 0.29) is 23.1 Å². The van der Waals surface area contributed by atoms with Crippen molar-refractivity contribution in [3.8, 4) is 0 Å². The van der Waals surface area contributed by atoms with E-state index in [9.17, 15) is 4.79 Å². The quantitative estimate of drug-likeness (QED) is 0.857. The molecule has 0 saturated heterocycles. The fraction of sp³-hybridized carbons (Fsp3) is 0.100. The van der Waals surface area contributed by atoms with Gasteiger partial charge in [0.25, 0.3) is 5.91 Å². The van der Waals surface area contributed by atoms with Gasteiger partial charge >= 0.3 is 0 Å². The van der Waals surface area contributed by atoms with E-state index in [1.54, 1.807) is 6.07 Å². The fourth-order valence-electron chi connectivity index (χ4n) is 1.20. The average molecular weight is 253 g/mol. The van der Waals surface area contributed by atoms with E-state index in [1.807, 2.05) is 0 Å². The lowest BCUT2D eigenvalue weighted by molar-refractivity contribution is 0.0945. The summed E-state index contributed by atoms with van der Waals surface area (Å²) in [5.41, 5.74) is 6.18. The molecule has 0 aliphatic heterocycles. The van der Waals surface area contributed by atoms with Crippen LogP contribution < -0.4 is 11.1 Å². The SMILES string of the molecule is Nc1ccc(Cl)c(C(=O)NCc2ccon2)n1. The summed E-state index contributed by atoms with van der Waals surface area (Å²) in [5.74, 6) is -0.175. The highest BCUT2D eigenvalue weighted by Gasteiger charge is 2.12. The molecule has 0 aromatic carbocycles. The molecule has 0 atom stereocenters. The minimum absolute atomic E-state index is 0.0927. The minimum Gasteiger partial charge on any atom is -0.384 e. The van der Waals surface area contributed by atoms with Crippen molar-refractivity contribution in [2.24, 2.45) is 0 Å². The van der Waals surface area contributed by atoms with E-state index in [1.165, 1.54) is 18.4 Å². The number of pyridine rings is 1. The zero-order chi connectivity index (χ0) is 12.3. The molecule has 0 bridgehead atoms. The van der Waals surface area contributed by atoms with Gasteiger partial charge in [0, 0.05) is 6.07 Å². The number of rotatable bonds is 3. The molecule has 2 heterocycles. The standard InChI is InChI=1S/C10H9ClN4O2/c11-7-1-2-8(12)14-9(7)10(16)13-5-6-3-4-17-15-6/h1-4H,5H2,(H2,12,14)(H,13,16). The van der Waals surface area contributed by atoms with Crippen LogP contribution >= 0.6 is 11.6 Å². The van der Waals surface area contributed by atoms with Crippen LogP contribution in [0.5, 0.6) is 0 Å². The normalized spacial score (nSPS) is 10.2. The Bertz CT molecular complexity index is 527. The topological polar surface area (TPSA) is 94.0 Å². The predicted molar refractivity (Wildman–Crippen MR) is 61.3 cm³/mol. The third-order valence-corrected chi connectivity index (χ3v) is 2.31. The minimum atomic E-state index is -0.412. The Hall–Kier alpha value is -2.08. The van der Waals surface area contributed by atoms with Crippen LogP contribution in [0.25, 0.3) is 0 Å². The van der Waals surface area contributed by atoms with Crippen molar-refractivity contribution < 1.29 is 9.32 Å². The number of aromatic nitrogens is 2. The summed E-state index contributed by atoms with van der Waals surface area (Å²) in [7, 11) is 0. The zero-order valence-corrected chi connectivity index (χ0v) is 9.44. The Morgan fingerprint density at radius 1 is 1.47 bits per heavy atom. The lowest BCUT2D eigenvalue weighted by Crippen LogP contribution is -2.24. The Morgan fingerprint density at radius 3 is 3.00 bits per heavy atom. The van der Waals surface area contributed by atoms with Crippen molar-refractivity contribution in [2.75, 3.05) is 5.73 Å². The Morgan fingerprint density at radius 2 is 2.29 bits per heavy atom. The molecule has 2 aromatic rings. The molecule has 6 nitrogen and oxygen atoms in total. The van der Waals surface area contributed by atoms with Gasteiger partial charge in [-0.3, -0.25) is 4.79 Å². The first-order chi connectivity index (χ1) is 8.16. The Kier molecular flexibility index (Phi) is 3.24. The summed E-state index contributed by atoms with van der Waals surface area (Å²) >= 11 is 5.84. The number of nitrogens with zero attached hydrogens (tertiary/aromatic N) is 2. The third kappa shape index (κ3) is 2.73. The molecule has 0 saturated carbocycles. The van der Waals surface area contributed by atoms with Gasteiger partial charge in [0.15, 0.2) is 0 Å². The molecule has 0 aliphatic carbocycles. The highest BCUT2D eigenvalue weighted by molar-refractivity contribution is 6.33. The molecule has 17 heavy (non-hydrogen) atoms. The molecule has 3 N–H and O–H groups in total. The van der Waals surface area contributed by atoms with Gasteiger partial charge in [-0.1, -0.05) is 16.8 Å². The summed E-state index contributed by atoms with van der Waals surface area (Å²) in [6, 6.07) is 4.69. The molecule has 2 rings (SSSR count). The first-order valence-electron chi connectivity index (χ1n) is 4.76. The maximum Gasteiger partial charge on any atom is 0.271 e. The number of carbonyl (C=O) groups excluding carboxylic acids is 1. The van der Waals surface area contributed by atoms with Crippen LogP contribution in [-0.2, 0) is 6.54 Å². The van der Waals surface area contributed by atoms with Gasteiger partial charge in [-0.2, -0.15) is 0 Å². The number of halogens is 1. The van der Waals surface area contributed by atoms with Crippen LogP contribution in [0.3, 0.4) is 0 Å². The molecule has 0 fully saturated rings. The summed E-state index contributed by atoms with van der Waals surface area (Å²) in [4.78, 5) is 15.6. The number of hydrogen-bond donors (Lipinski definition) is 2. The summed E-state index contributed by atoms with van der Waals surface area (Å²) < 4.78 is 4.63. The van der Waals surface area contributed by atoms with Crippen molar-refractivity contribution in [1.29, 1.82) is 0 Å². The van der Waals surface area contributed by atoms with Gasteiger partial charge in [0.1, 0.15) is 23.5 Å². The average Bonchev–Trinajstić information content (AvgIpc) is 2.82. The first-order valence-corrected chi connectivity index (χ1v) is 5.14. The largest absolute Gasteiger partial charge is 0.384 e. The van der Waals surface area contributed by atoms with Crippen LogP contribution in [0.15, 0.2) is 29.0 Å². The third-order valence-electron chi connectivity index (χ3n) is 2.00. The second-order valence-corrected chi connectivity index (χ2v) is 3.65. The molecule has 0 unspecified atom stereocenters. The first kappa shape index (κ1) is 11.4. The van der Waals surface area contributed by atoms with Crippen molar-refractivity contribution in [3.63, 3.8) is 0 Å². The summed E-state index contributed by atoms with van der Waals surface area (Å²) in [5, 5.41) is 6.51. The number of amides is 1. The van der Waals surface area contributed by atoms with Gasteiger partial charge < -0.3 is 15.6 Å². The van der Waals surface area contributed by atoms with Gasteiger partial charge in [-0.25, -0.2) is 4.98 Å². The molecule has 0 radical (unpaired) electrons. The number of nitrogen functional groups attached to an aromatic ring is 1. The van der Waals surface area contributed by atoms with E-state index in [0.717, 1.165) is 0 Å². The molecular weight excluding hydrogens is 244 g/mol. The lowest BCUT2D eigenvalue weighted by Gasteiger charge is -2.04. The summed E-state index contributed by atoms with van der Waals surface area (Å²) in [6.45, 7) is 0.238. The number of carbonyl (C=O) groups is 1. The molecular formula is C10H9ClN4O2. The number of nitrogens with one attached hydrogen (secondary N) is 1. The maximum absolute atomic E-state index is 11.7. The smallest absolute Gasteiger partial charge is 0.271 e. The fourth-order valence-corrected chi connectivity index (χ4v) is 1.39. The van der Waals surface area contributed by atoms with E-state index in [4.69, 9.17) is 17.3 Å². The van der Waals surface area contributed by atoms with E-state index in [2.05, 4.69) is 20.0 Å². The summed E-state index contributed by atoms with van der Waals surface area (Å²) in [6.07, 6.45) is 1.42. The van der Waals surface area contributed by atoms with Gasteiger partial charge in [-0.15, -0.1) is 0 Å². The second kappa shape index (κ2) is 4.84. The lowest BCUT2D eigenvalue weighted by atomic mass is 10.3. The monoisotopic (exact) mass is 252 g/mol. The van der Waals surface area contributed by atoms with Gasteiger partial charge in [0.2, 0.25) is 0 Å². The highest BCUT2D eigenvalue weighted by atomic mass is 35.5. The van der Waals surface area contributed by atoms with E-state index >= 15 is 0 Å². The predicted octanol–water partition coefficient (Wildman–Crippen LogP) is 1.24. The van der Waals surface area contributed by atoms with Crippen molar-refractivity contribution in [3.05, 3.63) is 40.9 Å². The number of hydrogen-bond acceptors (Lipinski definition) is 5. The van der Waals surface area contributed by atoms with Crippen LogP contribution in [0.4, 0.5) is 5.82 Å². The van der Waals surface area contributed by atoms with Gasteiger partial charge in [0.05, 0.1) is 11.6 Å². The van der Waals surface area contributed by atoms with Gasteiger partial charge in [-0.05, 0) is 12.1 Å². The van der Waals surface area contributed by atoms with Crippen LogP contribution in [0.1, 0.15) is 16.2 Å². The number of anilines is 1. The van der Waals surface area contributed by atoms with Crippen molar-refractivity contribution in [2.45, 2.75) is 6.54 Å². The van der Waals surface area contributed by atoms with E-state index in [0.29, 0.717) is 5.69 Å². The van der Waals surface area contributed by atoms with Crippen molar-refractivity contribution >= 4 is 23.3 Å². The van der Waals surface area contributed by atoms with Crippen molar-refractivity contribution in [1.82, 2.24) is 15.5 Å². The van der Waals surface area contributed by atoms with Crippen LogP contribution in [-0.4, -0.2) is 16.0 Å². The second-order valence-electron chi connectivity index (χ2n) is 3.24. The van der Waals surface area contributed by atoms with E-state index < -0.39 is 5.91 Å². The van der Waals surface area contributed by atoms with Crippen LogP contribution in [0.2, 0.25) is 5.02 Å². The molecule has 1 amide bonds. The molecule has 2 aromatic heterocycles. The molecule has 0 spiro atoms. The molecule has 0 aliphatic rings. The number of nitrogens with two attached hydrogens (primary N) is 1. The maximum atomic E-state index is 11.7. The molecule has 7 heteroatoms. The Balaban J connectivity index is 2.07.